The zero-order valence-corrected chi connectivity index (χ0v) is 14.6. The Kier molecular flexibility index (Phi) is 7.85. The third-order valence-corrected chi connectivity index (χ3v) is 4.04. The molecule has 0 aliphatic heterocycles. The first-order chi connectivity index (χ1) is 10.1. The molecule has 1 saturated carbocycles. The molecule has 1 unspecified atom stereocenters. The Labute approximate surface area is 144 Å². The number of carbonyl (C=O) groups excluding carboxylic acids is 2. The van der Waals surface area contributed by atoms with Crippen molar-refractivity contribution in [1.29, 1.82) is 0 Å². The Morgan fingerprint density at radius 1 is 1.23 bits per heavy atom. The second-order valence-electron chi connectivity index (χ2n) is 5.32. The van der Waals surface area contributed by atoms with Crippen LogP contribution in [0.5, 0.6) is 0 Å². The molecule has 2 amide bonds. The van der Waals surface area contributed by atoms with E-state index in [0.717, 1.165) is 4.47 Å². The highest BCUT2D eigenvalue weighted by Crippen LogP contribution is 2.31. The number of benzene rings is 1. The number of hydrogen-bond acceptors (Lipinski definition) is 3. The van der Waals surface area contributed by atoms with Crippen LogP contribution in [0.25, 0.3) is 0 Å². The van der Waals surface area contributed by atoms with Crippen molar-refractivity contribution in [2.24, 2.45) is 11.7 Å². The predicted molar refractivity (Wildman–Crippen MR) is 92.0 cm³/mol. The number of amides is 2. The van der Waals surface area contributed by atoms with Gasteiger partial charge in [0, 0.05) is 35.6 Å². The van der Waals surface area contributed by atoms with E-state index in [2.05, 4.69) is 26.6 Å². The van der Waals surface area contributed by atoms with Crippen molar-refractivity contribution in [2.45, 2.75) is 25.3 Å². The van der Waals surface area contributed by atoms with Gasteiger partial charge in [-0.15, -0.1) is 12.4 Å². The summed E-state index contributed by atoms with van der Waals surface area (Å²) < 4.78 is 0.922. The maximum atomic E-state index is 11.8. The average molecular weight is 391 g/mol. The normalized spacial score (nSPS) is 14.6. The largest absolute Gasteiger partial charge is 0.354 e. The van der Waals surface area contributed by atoms with Gasteiger partial charge in [-0.05, 0) is 43.0 Å². The fraction of sp³-hybridized carbons (Fsp3) is 0.467. The summed E-state index contributed by atoms with van der Waals surface area (Å²) in [7, 11) is 0. The topological polar surface area (TPSA) is 84.2 Å². The number of carbonyl (C=O) groups is 2. The van der Waals surface area contributed by atoms with Gasteiger partial charge in [-0.2, -0.15) is 0 Å². The standard InChI is InChI=1S/C15H20BrN3O2.ClH/c16-12-5-3-11(4-6-12)15(21)18-8-7-14(20)19-9-13(17)10-1-2-10;/h3-6,10,13H,1-2,7-9,17H2,(H,18,21)(H,19,20);1H. The van der Waals surface area contributed by atoms with E-state index in [0.29, 0.717) is 24.6 Å². The maximum Gasteiger partial charge on any atom is 0.251 e. The Morgan fingerprint density at radius 3 is 2.45 bits per heavy atom. The van der Waals surface area contributed by atoms with E-state index in [1.54, 1.807) is 24.3 Å². The van der Waals surface area contributed by atoms with E-state index in [4.69, 9.17) is 5.73 Å². The molecule has 1 atom stereocenters. The molecule has 5 nitrogen and oxygen atoms in total. The minimum atomic E-state index is -0.176. The van der Waals surface area contributed by atoms with Gasteiger partial charge >= 0.3 is 0 Å². The molecule has 1 aliphatic carbocycles. The summed E-state index contributed by atoms with van der Waals surface area (Å²) in [5.41, 5.74) is 6.48. The molecular weight excluding hydrogens is 370 g/mol. The minimum Gasteiger partial charge on any atom is -0.354 e. The Balaban J connectivity index is 0.00000242. The van der Waals surface area contributed by atoms with Crippen LogP contribution in [0.4, 0.5) is 0 Å². The molecule has 0 bridgehead atoms. The predicted octanol–water partition coefficient (Wildman–Crippen LogP) is 1.84. The Bertz CT molecular complexity index is 506. The summed E-state index contributed by atoms with van der Waals surface area (Å²) in [5.74, 6) is 0.314. The van der Waals surface area contributed by atoms with Crippen LogP contribution < -0.4 is 16.4 Å². The number of rotatable bonds is 7. The molecule has 1 fully saturated rings. The summed E-state index contributed by atoms with van der Waals surface area (Å²) >= 11 is 3.31. The van der Waals surface area contributed by atoms with Crippen molar-refractivity contribution in [3.8, 4) is 0 Å². The molecule has 0 heterocycles. The van der Waals surface area contributed by atoms with Crippen LogP contribution in [-0.2, 0) is 4.79 Å². The van der Waals surface area contributed by atoms with Gasteiger partial charge in [-0.1, -0.05) is 15.9 Å². The molecule has 0 spiro atoms. The first-order valence-corrected chi connectivity index (χ1v) is 7.91. The van der Waals surface area contributed by atoms with Crippen molar-refractivity contribution in [1.82, 2.24) is 10.6 Å². The van der Waals surface area contributed by atoms with E-state index < -0.39 is 0 Å². The highest BCUT2D eigenvalue weighted by molar-refractivity contribution is 9.10. The van der Waals surface area contributed by atoms with E-state index in [9.17, 15) is 9.59 Å². The second-order valence-corrected chi connectivity index (χ2v) is 6.23. The molecule has 1 aliphatic rings. The zero-order valence-electron chi connectivity index (χ0n) is 12.2. The van der Waals surface area contributed by atoms with Crippen LogP contribution >= 0.6 is 28.3 Å². The van der Waals surface area contributed by atoms with Crippen LogP contribution in [0.1, 0.15) is 29.6 Å². The maximum absolute atomic E-state index is 11.8. The molecule has 7 heteroatoms. The summed E-state index contributed by atoms with van der Waals surface area (Å²) in [6, 6.07) is 7.13. The lowest BCUT2D eigenvalue weighted by Gasteiger charge is -2.11. The molecule has 0 radical (unpaired) electrons. The summed E-state index contributed by atoms with van der Waals surface area (Å²) in [6.45, 7) is 0.837. The highest BCUT2D eigenvalue weighted by atomic mass is 79.9. The van der Waals surface area contributed by atoms with Gasteiger partial charge in [0.05, 0.1) is 0 Å². The van der Waals surface area contributed by atoms with Crippen molar-refractivity contribution in [3.05, 3.63) is 34.3 Å². The van der Waals surface area contributed by atoms with Crippen LogP contribution in [0.2, 0.25) is 0 Å². The first kappa shape index (κ1) is 18.9. The lowest BCUT2D eigenvalue weighted by atomic mass is 10.2. The molecule has 0 aromatic heterocycles. The highest BCUT2D eigenvalue weighted by Gasteiger charge is 2.28. The van der Waals surface area contributed by atoms with E-state index >= 15 is 0 Å². The van der Waals surface area contributed by atoms with E-state index in [1.165, 1.54) is 12.8 Å². The molecule has 1 aromatic carbocycles. The SMILES string of the molecule is Cl.NC(CNC(=O)CCNC(=O)c1ccc(Br)cc1)C1CC1. The Morgan fingerprint density at radius 2 is 1.86 bits per heavy atom. The quantitative estimate of drug-likeness (QED) is 0.664. The van der Waals surface area contributed by atoms with Gasteiger partial charge in [0.1, 0.15) is 0 Å². The number of nitrogens with two attached hydrogens (primary N) is 1. The molecule has 1 aromatic rings. The summed E-state index contributed by atoms with van der Waals surface area (Å²) in [6.07, 6.45) is 2.60. The number of hydrogen-bond donors (Lipinski definition) is 3. The lowest BCUT2D eigenvalue weighted by Crippen LogP contribution is -2.39. The Hall–Kier alpha value is -1.11. The van der Waals surface area contributed by atoms with Crippen LogP contribution in [0.3, 0.4) is 0 Å². The van der Waals surface area contributed by atoms with Gasteiger partial charge in [0.2, 0.25) is 5.91 Å². The van der Waals surface area contributed by atoms with Crippen LogP contribution in [0.15, 0.2) is 28.7 Å². The van der Waals surface area contributed by atoms with E-state index in [1.807, 2.05) is 0 Å². The molecule has 2 rings (SSSR count). The van der Waals surface area contributed by atoms with Crippen LogP contribution in [0, 0.1) is 5.92 Å². The monoisotopic (exact) mass is 389 g/mol. The van der Waals surface area contributed by atoms with Crippen molar-refractivity contribution in [3.63, 3.8) is 0 Å². The van der Waals surface area contributed by atoms with Gasteiger partial charge < -0.3 is 16.4 Å². The van der Waals surface area contributed by atoms with Crippen molar-refractivity contribution in [2.75, 3.05) is 13.1 Å². The first-order valence-electron chi connectivity index (χ1n) is 7.12. The minimum absolute atomic E-state index is 0. The average Bonchev–Trinajstić information content (AvgIpc) is 3.30. The van der Waals surface area contributed by atoms with Crippen LogP contribution in [-0.4, -0.2) is 30.9 Å². The van der Waals surface area contributed by atoms with Gasteiger partial charge in [-0.25, -0.2) is 0 Å². The smallest absolute Gasteiger partial charge is 0.251 e. The van der Waals surface area contributed by atoms with Gasteiger partial charge in [-0.3, -0.25) is 9.59 Å². The fourth-order valence-corrected chi connectivity index (χ4v) is 2.27. The summed E-state index contributed by atoms with van der Waals surface area (Å²) in [4.78, 5) is 23.5. The molecule has 22 heavy (non-hydrogen) atoms. The molecule has 122 valence electrons. The van der Waals surface area contributed by atoms with Crippen molar-refractivity contribution < 1.29 is 9.59 Å². The third kappa shape index (κ3) is 6.34. The molecular formula is C15H21BrClN3O2. The van der Waals surface area contributed by atoms with Gasteiger partial charge in [0.25, 0.3) is 5.91 Å². The molecule has 4 N–H and O–H groups in total. The summed E-state index contributed by atoms with van der Waals surface area (Å²) in [5, 5.41) is 5.53. The third-order valence-electron chi connectivity index (χ3n) is 3.51. The van der Waals surface area contributed by atoms with E-state index in [-0.39, 0.29) is 36.7 Å². The zero-order chi connectivity index (χ0) is 15.2. The second kappa shape index (κ2) is 9.12. The fourth-order valence-electron chi connectivity index (χ4n) is 2.00. The lowest BCUT2D eigenvalue weighted by molar-refractivity contribution is -0.121. The molecule has 0 saturated heterocycles. The number of nitrogens with one attached hydrogen (secondary N) is 2. The van der Waals surface area contributed by atoms with Gasteiger partial charge in [0.15, 0.2) is 0 Å². The van der Waals surface area contributed by atoms with Crippen molar-refractivity contribution >= 4 is 40.2 Å². The number of halogens is 2.